The minimum atomic E-state index is -0.713. The molecule has 1 atom stereocenters. The van der Waals surface area contributed by atoms with Gasteiger partial charge in [0.15, 0.2) is 0 Å². The van der Waals surface area contributed by atoms with Gasteiger partial charge in [-0.2, -0.15) is 0 Å². The van der Waals surface area contributed by atoms with Gasteiger partial charge in [0.2, 0.25) is 0 Å². The van der Waals surface area contributed by atoms with Crippen molar-refractivity contribution in [2.75, 3.05) is 34.0 Å². The van der Waals surface area contributed by atoms with Crippen LogP contribution in [0.1, 0.15) is 13.3 Å². The Kier molecular flexibility index (Phi) is 7.04. The molecule has 0 aliphatic carbocycles. The molecule has 1 rings (SSSR count). The van der Waals surface area contributed by atoms with Crippen LogP contribution in [0.2, 0.25) is 0 Å². The molecule has 0 heterocycles. The average Bonchev–Trinajstić information content (AvgIpc) is 2.50. The van der Waals surface area contributed by atoms with Gasteiger partial charge in [-0.25, -0.2) is 0 Å². The molecular formula is C15H23NO4. The summed E-state index contributed by atoms with van der Waals surface area (Å²) in [6, 6.07) is 9.58. The van der Waals surface area contributed by atoms with Crippen LogP contribution in [0.5, 0.6) is 5.75 Å². The highest BCUT2D eigenvalue weighted by Gasteiger charge is 2.31. The zero-order valence-corrected chi connectivity index (χ0v) is 12.3. The number of esters is 1. The van der Waals surface area contributed by atoms with Gasteiger partial charge in [-0.15, -0.1) is 0 Å². The lowest BCUT2D eigenvalue weighted by Crippen LogP contribution is -2.49. The third kappa shape index (κ3) is 5.19. The second-order valence-corrected chi connectivity index (χ2v) is 4.60. The highest BCUT2D eigenvalue weighted by Crippen LogP contribution is 2.11. The third-order valence-corrected chi connectivity index (χ3v) is 3.17. The average molecular weight is 281 g/mol. The van der Waals surface area contributed by atoms with Crippen molar-refractivity contribution >= 4 is 5.97 Å². The van der Waals surface area contributed by atoms with Gasteiger partial charge >= 0.3 is 5.97 Å². The van der Waals surface area contributed by atoms with E-state index < -0.39 is 5.54 Å². The van der Waals surface area contributed by atoms with E-state index in [0.29, 0.717) is 26.2 Å². The van der Waals surface area contributed by atoms with Crippen molar-refractivity contribution in [3.63, 3.8) is 0 Å². The molecule has 0 saturated carbocycles. The van der Waals surface area contributed by atoms with Crippen LogP contribution >= 0.6 is 0 Å². The molecule has 1 aromatic carbocycles. The van der Waals surface area contributed by atoms with Crippen LogP contribution in [-0.2, 0) is 14.3 Å². The summed E-state index contributed by atoms with van der Waals surface area (Å²) in [4.78, 5) is 11.6. The molecule has 0 aliphatic rings. The SMILES string of the molecule is CNC(C)(CCOCCOc1ccccc1)C(=O)OC. The van der Waals surface area contributed by atoms with Crippen LogP contribution in [0.4, 0.5) is 0 Å². The number of hydrogen-bond donors (Lipinski definition) is 1. The fraction of sp³-hybridized carbons (Fsp3) is 0.533. The lowest BCUT2D eigenvalue weighted by atomic mass is 9.99. The summed E-state index contributed by atoms with van der Waals surface area (Å²) in [6.45, 7) is 3.22. The minimum absolute atomic E-state index is 0.288. The van der Waals surface area contributed by atoms with E-state index in [4.69, 9.17) is 14.2 Å². The first-order valence-electron chi connectivity index (χ1n) is 6.65. The topological polar surface area (TPSA) is 56.8 Å². The summed E-state index contributed by atoms with van der Waals surface area (Å²) in [5.41, 5.74) is -0.713. The van der Waals surface area contributed by atoms with Crippen molar-refractivity contribution in [1.82, 2.24) is 5.32 Å². The van der Waals surface area contributed by atoms with Crippen LogP contribution in [0.15, 0.2) is 30.3 Å². The molecule has 20 heavy (non-hydrogen) atoms. The van der Waals surface area contributed by atoms with Crippen LogP contribution in [0, 0.1) is 0 Å². The van der Waals surface area contributed by atoms with Crippen molar-refractivity contribution in [2.24, 2.45) is 0 Å². The second-order valence-electron chi connectivity index (χ2n) is 4.60. The zero-order valence-electron chi connectivity index (χ0n) is 12.3. The number of methoxy groups -OCH3 is 1. The highest BCUT2D eigenvalue weighted by atomic mass is 16.5. The van der Waals surface area contributed by atoms with E-state index in [1.807, 2.05) is 30.3 Å². The van der Waals surface area contributed by atoms with Gasteiger partial charge in [-0.1, -0.05) is 18.2 Å². The first-order chi connectivity index (χ1) is 9.62. The summed E-state index contributed by atoms with van der Waals surface area (Å²) in [5, 5.41) is 2.96. The smallest absolute Gasteiger partial charge is 0.325 e. The summed E-state index contributed by atoms with van der Waals surface area (Å²) in [7, 11) is 3.11. The Morgan fingerprint density at radius 3 is 2.50 bits per heavy atom. The number of benzene rings is 1. The molecule has 0 fully saturated rings. The molecule has 0 aliphatic heterocycles. The number of carbonyl (C=O) groups is 1. The molecule has 0 aromatic heterocycles. The number of hydrogen-bond acceptors (Lipinski definition) is 5. The largest absolute Gasteiger partial charge is 0.491 e. The molecule has 0 saturated heterocycles. The number of carbonyl (C=O) groups excluding carboxylic acids is 1. The van der Waals surface area contributed by atoms with E-state index >= 15 is 0 Å². The summed E-state index contributed by atoms with van der Waals surface area (Å²) in [6.07, 6.45) is 0.543. The first kappa shape index (κ1) is 16.5. The Labute approximate surface area is 120 Å². The van der Waals surface area contributed by atoms with Gasteiger partial charge in [0.25, 0.3) is 0 Å². The van der Waals surface area contributed by atoms with Crippen molar-refractivity contribution < 1.29 is 19.0 Å². The minimum Gasteiger partial charge on any atom is -0.491 e. The van der Waals surface area contributed by atoms with Gasteiger partial charge in [0, 0.05) is 6.61 Å². The van der Waals surface area contributed by atoms with Gasteiger partial charge in [0.05, 0.1) is 13.7 Å². The van der Waals surface area contributed by atoms with Crippen molar-refractivity contribution in [3.05, 3.63) is 30.3 Å². The maximum absolute atomic E-state index is 11.6. The maximum atomic E-state index is 11.6. The second kappa shape index (κ2) is 8.55. The summed E-state index contributed by atoms with van der Waals surface area (Å²) < 4.78 is 15.7. The van der Waals surface area contributed by atoms with Crippen LogP contribution in [-0.4, -0.2) is 45.5 Å². The Bertz CT molecular complexity index is 396. The highest BCUT2D eigenvalue weighted by molar-refractivity contribution is 5.80. The van der Waals surface area contributed by atoms with E-state index in [1.54, 1.807) is 14.0 Å². The monoisotopic (exact) mass is 281 g/mol. The normalized spacial score (nSPS) is 13.6. The lowest BCUT2D eigenvalue weighted by Gasteiger charge is -2.25. The molecule has 0 amide bonds. The predicted molar refractivity (Wildman–Crippen MR) is 76.9 cm³/mol. The molecule has 5 heteroatoms. The van der Waals surface area contributed by atoms with Crippen LogP contribution < -0.4 is 10.1 Å². The van der Waals surface area contributed by atoms with Gasteiger partial charge < -0.3 is 19.5 Å². The Balaban J connectivity index is 2.17. The fourth-order valence-corrected chi connectivity index (χ4v) is 1.67. The van der Waals surface area contributed by atoms with Crippen LogP contribution in [0.25, 0.3) is 0 Å². The molecular weight excluding hydrogens is 258 g/mol. The summed E-state index contributed by atoms with van der Waals surface area (Å²) >= 11 is 0. The third-order valence-electron chi connectivity index (χ3n) is 3.17. The Hall–Kier alpha value is -1.59. The molecule has 0 radical (unpaired) electrons. The van der Waals surface area contributed by atoms with E-state index in [1.165, 1.54) is 7.11 Å². The van der Waals surface area contributed by atoms with E-state index in [2.05, 4.69) is 5.32 Å². The molecule has 1 unspecified atom stereocenters. The predicted octanol–water partition coefficient (Wildman–Crippen LogP) is 1.62. The number of rotatable bonds is 9. The van der Waals surface area contributed by atoms with Crippen molar-refractivity contribution in [2.45, 2.75) is 18.9 Å². The molecule has 1 N–H and O–H groups in total. The van der Waals surface area contributed by atoms with Gasteiger partial charge in [-0.3, -0.25) is 4.79 Å². The van der Waals surface area contributed by atoms with E-state index in [-0.39, 0.29) is 5.97 Å². The molecule has 112 valence electrons. The first-order valence-corrected chi connectivity index (χ1v) is 6.65. The fourth-order valence-electron chi connectivity index (χ4n) is 1.67. The van der Waals surface area contributed by atoms with E-state index in [9.17, 15) is 4.79 Å². The number of ether oxygens (including phenoxy) is 3. The quantitative estimate of drug-likeness (QED) is 0.550. The van der Waals surface area contributed by atoms with Crippen molar-refractivity contribution in [3.8, 4) is 5.75 Å². The number of nitrogens with one attached hydrogen (secondary N) is 1. The molecule has 1 aromatic rings. The number of para-hydroxylation sites is 1. The van der Waals surface area contributed by atoms with Crippen LogP contribution in [0.3, 0.4) is 0 Å². The van der Waals surface area contributed by atoms with Crippen molar-refractivity contribution in [1.29, 1.82) is 0 Å². The lowest BCUT2D eigenvalue weighted by molar-refractivity contribution is -0.148. The van der Waals surface area contributed by atoms with E-state index in [0.717, 1.165) is 5.75 Å². The maximum Gasteiger partial charge on any atom is 0.325 e. The summed E-state index contributed by atoms with van der Waals surface area (Å²) in [5.74, 6) is 0.537. The Morgan fingerprint density at radius 1 is 1.20 bits per heavy atom. The molecule has 0 spiro atoms. The standard InChI is InChI=1S/C15H23NO4/c1-15(16-2,14(17)18-3)9-10-19-11-12-20-13-7-5-4-6-8-13/h4-8,16H,9-12H2,1-3H3. The zero-order chi connectivity index (χ0) is 14.8. The molecule has 0 bridgehead atoms. The van der Waals surface area contributed by atoms with Gasteiger partial charge in [-0.05, 0) is 32.5 Å². The molecule has 5 nitrogen and oxygen atoms in total. The Morgan fingerprint density at radius 2 is 1.90 bits per heavy atom. The number of likely N-dealkylation sites (N-methyl/N-ethyl adjacent to an activating group) is 1. The van der Waals surface area contributed by atoms with Gasteiger partial charge in [0.1, 0.15) is 17.9 Å².